The van der Waals surface area contributed by atoms with E-state index in [1.165, 1.54) is 7.05 Å². The quantitative estimate of drug-likeness (QED) is 0.489. The van der Waals surface area contributed by atoms with Gasteiger partial charge in [0.2, 0.25) is 5.82 Å². The number of esters is 1. The first-order chi connectivity index (χ1) is 13.5. The predicted molar refractivity (Wildman–Crippen MR) is 101 cm³/mol. The van der Waals surface area contributed by atoms with Gasteiger partial charge in [-0.2, -0.15) is 10.1 Å². The van der Waals surface area contributed by atoms with Gasteiger partial charge in [0, 0.05) is 18.0 Å². The second kappa shape index (κ2) is 7.24. The third-order valence-corrected chi connectivity index (χ3v) is 4.39. The largest absolute Gasteiger partial charge is 0.451 e. The van der Waals surface area contributed by atoms with Gasteiger partial charge in [-0.1, -0.05) is 47.1 Å². The van der Waals surface area contributed by atoms with Gasteiger partial charge in [-0.15, -0.1) is 0 Å². The molecule has 0 spiro atoms. The summed E-state index contributed by atoms with van der Waals surface area (Å²) in [5.41, 5.74) is 0.341. The molecule has 0 fully saturated rings. The maximum absolute atomic E-state index is 12.5. The molecular formula is C19H13ClN4O4. The molecule has 0 aliphatic heterocycles. The highest BCUT2D eigenvalue weighted by Crippen LogP contribution is 2.25. The van der Waals surface area contributed by atoms with Crippen LogP contribution in [-0.4, -0.2) is 25.9 Å². The Labute approximate surface area is 163 Å². The lowest BCUT2D eigenvalue weighted by molar-refractivity contribution is 0.0423. The number of ether oxygens (including phenoxy) is 1. The number of hydrogen-bond donors (Lipinski definition) is 0. The summed E-state index contributed by atoms with van der Waals surface area (Å²) in [6.07, 6.45) is 0. The molecule has 2 heterocycles. The zero-order valence-electron chi connectivity index (χ0n) is 14.6. The molecule has 0 unspecified atom stereocenters. The Morgan fingerprint density at radius 2 is 1.86 bits per heavy atom. The van der Waals surface area contributed by atoms with Crippen LogP contribution in [0.3, 0.4) is 0 Å². The number of carbonyl (C=O) groups is 1. The lowest BCUT2D eigenvalue weighted by Crippen LogP contribution is -2.23. The van der Waals surface area contributed by atoms with Crippen molar-refractivity contribution < 1.29 is 14.1 Å². The van der Waals surface area contributed by atoms with E-state index in [2.05, 4.69) is 15.2 Å². The summed E-state index contributed by atoms with van der Waals surface area (Å²) < 4.78 is 11.5. The number of carbonyl (C=O) groups excluding carboxylic acids is 1. The standard InChI is InChI=1S/C19H13ClN4O4/c1-24-18(25)12-7-3-2-6-11(12)16(22-24)19(26)27-10-15-21-17(23-28-15)13-8-4-5-9-14(13)20/h2-9H,10H2,1H3. The molecule has 0 amide bonds. The number of benzene rings is 2. The van der Waals surface area contributed by atoms with Crippen molar-refractivity contribution in [1.82, 2.24) is 19.9 Å². The van der Waals surface area contributed by atoms with E-state index in [9.17, 15) is 9.59 Å². The molecule has 0 aliphatic rings. The second-order valence-electron chi connectivity index (χ2n) is 5.89. The van der Waals surface area contributed by atoms with Crippen LogP contribution in [0.2, 0.25) is 5.02 Å². The van der Waals surface area contributed by atoms with Crippen LogP contribution >= 0.6 is 11.6 Å². The molecule has 0 saturated heterocycles. The van der Waals surface area contributed by atoms with E-state index in [-0.39, 0.29) is 23.8 Å². The molecule has 0 radical (unpaired) electrons. The fourth-order valence-electron chi connectivity index (χ4n) is 2.71. The average molecular weight is 397 g/mol. The molecule has 0 aliphatic carbocycles. The Morgan fingerprint density at radius 1 is 1.14 bits per heavy atom. The number of hydrogen-bond acceptors (Lipinski definition) is 7. The molecule has 0 saturated carbocycles. The minimum absolute atomic E-state index is 0.0311. The molecule has 2 aromatic carbocycles. The summed E-state index contributed by atoms with van der Waals surface area (Å²) in [4.78, 5) is 28.9. The second-order valence-corrected chi connectivity index (χ2v) is 6.30. The Bertz CT molecular complexity index is 1250. The van der Waals surface area contributed by atoms with Crippen molar-refractivity contribution >= 4 is 28.3 Å². The summed E-state index contributed by atoms with van der Waals surface area (Å²) in [6.45, 7) is -0.241. The summed E-state index contributed by atoms with van der Waals surface area (Å²) in [6, 6.07) is 13.8. The van der Waals surface area contributed by atoms with Crippen molar-refractivity contribution in [2.24, 2.45) is 7.05 Å². The number of aromatic nitrogens is 4. The van der Waals surface area contributed by atoms with Crippen LogP contribution in [0.4, 0.5) is 0 Å². The summed E-state index contributed by atoms with van der Waals surface area (Å²) in [5, 5.41) is 9.15. The van der Waals surface area contributed by atoms with Gasteiger partial charge in [0.15, 0.2) is 12.3 Å². The maximum atomic E-state index is 12.5. The topological polar surface area (TPSA) is 100 Å². The fraction of sp³-hybridized carbons (Fsp3) is 0.105. The molecule has 0 bridgehead atoms. The number of aryl methyl sites for hydroxylation is 1. The minimum Gasteiger partial charge on any atom is -0.451 e. The zero-order valence-corrected chi connectivity index (χ0v) is 15.4. The van der Waals surface area contributed by atoms with Gasteiger partial charge in [0.25, 0.3) is 11.4 Å². The van der Waals surface area contributed by atoms with Crippen LogP contribution in [0.1, 0.15) is 16.4 Å². The third kappa shape index (κ3) is 3.25. The SMILES string of the molecule is Cn1nc(C(=O)OCc2nc(-c3ccccc3Cl)no2)c2ccccc2c1=O. The third-order valence-electron chi connectivity index (χ3n) is 4.06. The molecule has 8 nitrogen and oxygen atoms in total. The van der Waals surface area contributed by atoms with E-state index >= 15 is 0 Å². The highest BCUT2D eigenvalue weighted by molar-refractivity contribution is 6.33. The number of fused-ring (bicyclic) bond motifs is 1. The first-order valence-corrected chi connectivity index (χ1v) is 8.63. The number of rotatable bonds is 4. The highest BCUT2D eigenvalue weighted by Gasteiger charge is 2.19. The van der Waals surface area contributed by atoms with Crippen molar-refractivity contribution in [3.63, 3.8) is 0 Å². The summed E-state index contributed by atoms with van der Waals surface area (Å²) in [5.74, 6) is -0.302. The molecule has 28 heavy (non-hydrogen) atoms. The van der Waals surface area contributed by atoms with Gasteiger partial charge in [-0.05, 0) is 18.2 Å². The van der Waals surface area contributed by atoms with Gasteiger partial charge in [-0.3, -0.25) is 4.79 Å². The Morgan fingerprint density at radius 3 is 2.64 bits per heavy atom. The van der Waals surface area contributed by atoms with Crippen LogP contribution in [0.25, 0.3) is 22.2 Å². The van der Waals surface area contributed by atoms with E-state index < -0.39 is 5.97 Å². The molecule has 140 valence electrons. The molecule has 2 aromatic heterocycles. The Hall–Kier alpha value is -3.52. The highest BCUT2D eigenvalue weighted by atomic mass is 35.5. The van der Waals surface area contributed by atoms with Gasteiger partial charge in [0.05, 0.1) is 10.4 Å². The van der Waals surface area contributed by atoms with E-state index in [1.807, 2.05) is 0 Å². The normalized spacial score (nSPS) is 10.9. The van der Waals surface area contributed by atoms with Gasteiger partial charge in [-0.25, -0.2) is 9.48 Å². The Kier molecular flexibility index (Phi) is 4.62. The van der Waals surface area contributed by atoms with Gasteiger partial charge in [0.1, 0.15) is 0 Å². The number of halogens is 1. The Balaban J connectivity index is 1.56. The van der Waals surface area contributed by atoms with Crippen LogP contribution in [-0.2, 0) is 18.4 Å². The van der Waals surface area contributed by atoms with Crippen LogP contribution in [0.15, 0.2) is 57.8 Å². The predicted octanol–water partition coefficient (Wildman–Crippen LogP) is 2.99. The van der Waals surface area contributed by atoms with Crippen molar-refractivity contribution in [2.75, 3.05) is 0 Å². The number of nitrogens with zero attached hydrogens (tertiary/aromatic N) is 4. The van der Waals surface area contributed by atoms with E-state index in [0.29, 0.717) is 27.2 Å². The summed E-state index contributed by atoms with van der Waals surface area (Å²) >= 11 is 6.12. The smallest absolute Gasteiger partial charge is 0.359 e. The first kappa shape index (κ1) is 17.9. The molecule has 4 rings (SSSR count). The van der Waals surface area contributed by atoms with E-state index in [4.69, 9.17) is 20.9 Å². The van der Waals surface area contributed by atoms with Crippen molar-refractivity contribution in [3.8, 4) is 11.4 Å². The van der Waals surface area contributed by atoms with Gasteiger partial charge < -0.3 is 9.26 Å². The minimum atomic E-state index is -0.704. The summed E-state index contributed by atoms with van der Waals surface area (Å²) in [7, 11) is 1.47. The average Bonchev–Trinajstić information content (AvgIpc) is 3.18. The maximum Gasteiger partial charge on any atom is 0.359 e. The molecule has 9 heteroatoms. The van der Waals surface area contributed by atoms with Crippen LogP contribution in [0.5, 0.6) is 0 Å². The van der Waals surface area contributed by atoms with Crippen molar-refractivity contribution in [1.29, 1.82) is 0 Å². The van der Waals surface area contributed by atoms with E-state index in [0.717, 1.165) is 4.68 Å². The monoisotopic (exact) mass is 396 g/mol. The van der Waals surface area contributed by atoms with Crippen LogP contribution in [0, 0.1) is 0 Å². The molecule has 0 atom stereocenters. The lowest BCUT2D eigenvalue weighted by Gasteiger charge is -2.07. The lowest BCUT2D eigenvalue weighted by atomic mass is 10.1. The van der Waals surface area contributed by atoms with Crippen molar-refractivity contribution in [2.45, 2.75) is 6.61 Å². The molecular weight excluding hydrogens is 384 g/mol. The molecule has 0 N–H and O–H groups in total. The van der Waals surface area contributed by atoms with Crippen molar-refractivity contribution in [3.05, 3.63) is 75.5 Å². The first-order valence-electron chi connectivity index (χ1n) is 8.25. The van der Waals surface area contributed by atoms with Gasteiger partial charge >= 0.3 is 5.97 Å². The van der Waals surface area contributed by atoms with E-state index in [1.54, 1.807) is 48.5 Å². The fourth-order valence-corrected chi connectivity index (χ4v) is 2.93. The van der Waals surface area contributed by atoms with Crippen LogP contribution < -0.4 is 5.56 Å². The molecule has 4 aromatic rings. The zero-order chi connectivity index (χ0) is 19.7.